The summed E-state index contributed by atoms with van der Waals surface area (Å²) >= 11 is 0. The molecule has 7 heteroatoms. The minimum Gasteiger partial charge on any atom is -0.445 e. The number of rotatable bonds is 4. The number of hydrogen-bond donors (Lipinski definition) is 0. The lowest BCUT2D eigenvalue weighted by molar-refractivity contribution is -0.0856. The molecule has 3 heterocycles. The molecule has 2 atom stereocenters. The Hall–Kier alpha value is -2.51. The summed E-state index contributed by atoms with van der Waals surface area (Å²) in [4.78, 5) is 24.7. The van der Waals surface area contributed by atoms with Crippen molar-refractivity contribution in [3.8, 4) is 0 Å². The van der Waals surface area contributed by atoms with Gasteiger partial charge >= 0.3 is 6.09 Å². The first-order valence-electron chi connectivity index (χ1n) is 9.33. The van der Waals surface area contributed by atoms with Gasteiger partial charge in [-0.1, -0.05) is 30.3 Å². The zero-order valence-electron chi connectivity index (χ0n) is 15.2. The van der Waals surface area contributed by atoms with Gasteiger partial charge in [0.25, 0.3) is 0 Å². The fourth-order valence-corrected chi connectivity index (χ4v) is 3.65. The van der Waals surface area contributed by atoms with Crippen molar-refractivity contribution in [1.29, 1.82) is 0 Å². The number of amides is 1. The second-order valence-corrected chi connectivity index (χ2v) is 7.04. The second-order valence-electron chi connectivity index (χ2n) is 7.04. The van der Waals surface area contributed by atoms with Gasteiger partial charge in [-0.05, 0) is 11.1 Å². The summed E-state index contributed by atoms with van der Waals surface area (Å²) in [5.74, 6) is 0. The maximum Gasteiger partial charge on any atom is 0.410 e. The number of benzene rings is 1. The maximum absolute atomic E-state index is 12.4. The van der Waals surface area contributed by atoms with Crippen LogP contribution in [0.3, 0.4) is 0 Å². The van der Waals surface area contributed by atoms with Crippen LogP contribution in [0.5, 0.6) is 0 Å². The number of hydrogen-bond acceptors (Lipinski definition) is 6. The highest BCUT2D eigenvalue weighted by Crippen LogP contribution is 2.20. The van der Waals surface area contributed by atoms with Crippen molar-refractivity contribution in [2.45, 2.75) is 25.2 Å². The zero-order chi connectivity index (χ0) is 18.5. The molecule has 27 heavy (non-hydrogen) atoms. The van der Waals surface area contributed by atoms with Crippen LogP contribution in [-0.4, -0.2) is 70.8 Å². The minimum atomic E-state index is -0.248. The van der Waals surface area contributed by atoms with Crippen LogP contribution in [0.15, 0.2) is 49.1 Å². The van der Waals surface area contributed by atoms with Gasteiger partial charge in [0.2, 0.25) is 0 Å². The van der Waals surface area contributed by atoms with E-state index < -0.39 is 0 Å². The minimum absolute atomic E-state index is 0.142. The molecule has 0 N–H and O–H groups in total. The van der Waals surface area contributed by atoms with Crippen LogP contribution in [0, 0.1) is 0 Å². The van der Waals surface area contributed by atoms with Gasteiger partial charge in [0.1, 0.15) is 12.9 Å². The number of carbonyl (C=O) groups is 1. The number of carbonyl (C=O) groups excluding carboxylic acids is 1. The first-order valence-corrected chi connectivity index (χ1v) is 9.33. The van der Waals surface area contributed by atoms with E-state index in [1.54, 1.807) is 4.90 Å². The summed E-state index contributed by atoms with van der Waals surface area (Å²) in [5, 5.41) is 0. The molecule has 1 aromatic heterocycles. The molecule has 1 aromatic carbocycles. The largest absolute Gasteiger partial charge is 0.445 e. The Morgan fingerprint density at radius 3 is 2.74 bits per heavy atom. The van der Waals surface area contributed by atoms with Crippen LogP contribution in [0.25, 0.3) is 0 Å². The topological polar surface area (TPSA) is 67.8 Å². The molecule has 0 radical (unpaired) electrons. The number of piperazine rings is 1. The molecular weight excluding hydrogens is 344 g/mol. The molecule has 2 fully saturated rings. The average Bonchev–Trinajstić information content (AvgIpc) is 2.73. The Kier molecular flexibility index (Phi) is 5.60. The fraction of sp³-hybridized carbons (Fsp3) is 0.450. The van der Waals surface area contributed by atoms with Crippen molar-refractivity contribution in [1.82, 2.24) is 19.8 Å². The van der Waals surface area contributed by atoms with Crippen LogP contribution in [-0.2, 0) is 22.5 Å². The smallest absolute Gasteiger partial charge is 0.410 e. The van der Waals surface area contributed by atoms with Crippen LogP contribution in [0.2, 0.25) is 0 Å². The van der Waals surface area contributed by atoms with Crippen molar-refractivity contribution in [2.75, 3.05) is 32.8 Å². The van der Waals surface area contributed by atoms with Gasteiger partial charge in [-0.15, -0.1) is 0 Å². The molecule has 0 bridgehead atoms. The predicted molar refractivity (Wildman–Crippen MR) is 99.0 cm³/mol. The fourth-order valence-electron chi connectivity index (χ4n) is 3.65. The van der Waals surface area contributed by atoms with Crippen molar-refractivity contribution in [3.05, 3.63) is 60.2 Å². The van der Waals surface area contributed by atoms with E-state index >= 15 is 0 Å². The third kappa shape index (κ3) is 4.61. The third-order valence-electron chi connectivity index (χ3n) is 5.11. The van der Waals surface area contributed by atoms with Gasteiger partial charge in [-0.2, -0.15) is 0 Å². The van der Waals surface area contributed by atoms with Gasteiger partial charge in [-0.25, -0.2) is 14.8 Å². The molecule has 2 aliphatic rings. The van der Waals surface area contributed by atoms with Crippen LogP contribution >= 0.6 is 0 Å². The van der Waals surface area contributed by atoms with E-state index in [1.165, 1.54) is 6.33 Å². The molecule has 2 aliphatic heterocycles. The number of nitrogens with zero attached hydrogens (tertiary/aromatic N) is 4. The Labute approximate surface area is 158 Å². The van der Waals surface area contributed by atoms with Crippen molar-refractivity contribution >= 4 is 6.09 Å². The number of fused-ring (bicyclic) bond motifs is 1. The zero-order valence-corrected chi connectivity index (χ0v) is 15.2. The van der Waals surface area contributed by atoms with E-state index in [-0.39, 0.29) is 18.2 Å². The van der Waals surface area contributed by atoms with Gasteiger partial charge < -0.3 is 14.4 Å². The van der Waals surface area contributed by atoms with Gasteiger partial charge in [0, 0.05) is 45.0 Å². The van der Waals surface area contributed by atoms with Crippen LogP contribution < -0.4 is 0 Å². The molecule has 0 aliphatic carbocycles. The van der Waals surface area contributed by atoms with Gasteiger partial charge in [-0.3, -0.25) is 4.90 Å². The summed E-state index contributed by atoms with van der Waals surface area (Å²) < 4.78 is 11.5. The number of morpholine rings is 1. The molecule has 7 nitrogen and oxygen atoms in total. The van der Waals surface area contributed by atoms with Gasteiger partial charge in [0.05, 0.1) is 18.8 Å². The molecule has 1 amide bonds. The summed E-state index contributed by atoms with van der Waals surface area (Å²) in [7, 11) is 0. The highest BCUT2D eigenvalue weighted by atomic mass is 16.6. The standard InChI is InChI=1S/C20H24N4O3/c25-20(27-13-16-4-2-1-3-5-16)24-7-6-23-12-19(26-14-18(23)11-24)8-17-9-21-15-22-10-17/h1-5,9-10,15,18-19H,6-8,11-14H2/t18-,19+/m1/s1. The summed E-state index contributed by atoms with van der Waals surface area (Å²) in [6.07, 6.45) is 5.92. The first-order chi connectivity index (χ1) is 13.3. The normalized spacial score (nSPS) is 22.9. The predicted octanol–water partition coefficient (Wildman–Crippen LogP) is 1.74. The van der Waals surface area contributed by atoms with E-state index in [0.29, 0.717) is 26.3 Å². The quantitative estimate of drug-likeness (QED) is 0.819. The van der Waals surface area contributed by atoms with E-state index in [4.69, 9.17) is 9.47 Å². The highest BCUT2D eigenvalue weighted by Gasteiger charge is 2.35. The molecule has 0 unspecified atom stereocenters. The summed E-state index contributed by atoms with van der Waals surface area (Å²) in [5.41, 5.74) is 2.09. The summed E-state index contributed by atoms with van der Waals surface area (Å²) in [6.45, 7) is 3.98. The second kappa shape index (κ2) is 8.45. The lowest BCUT2D eigenvalue weighted by Gasteiger charge is -2.45. The molecule has 2 aromatic rings. The van der Waals surface area contributed by atoms with E-state index in [1.807, 2.05) is 42.7 Å². The SMILES string of the molecule is O=C(OCc1ccccc1)N1CCN2C[C@H](Cc3cncnc3)OC[C@H]2C1. The molecule has 142 valence electrons. The van der Waals surface area contributed by atoms with Crippen molar-refractivity contribution in [3.63, 3.8) is 0 Å². The molecule has 2 saturated heterocycles. The first kappa shape index (κ1) is 17.9. The Bertz CT molecular complexity index is 743. The van der Waals surface area contributed by atoms with Crippen LogP contribution in [0.1, 0.15) is 11.1 Å². The maximum atomic E-state index is 12.4. The summed E-state index contributed by atoms with van der Waals surface area (Å²) in [6, 6.07) is 9.98. The molecule has 4 rings (SSSR count). The monoisotopic (exact) mass is 368 g/mol. The van der Waals surface area contributed by atoms with Gasteiger partial charge in [0.15, 0.2) is 0 Å². The Morgan fingerprint density at radius 2 is 1.93 bits per heavy atom. The van der Waals surface area contributed by atoms with E-state index in [0.717, 1.165) is 30.6 Å². The average molecular weight is 368 g/mol. The molecule has 0 spiro atoms. The van der Waals surface area contributed by atoms with E-state index in [9.17, 15) is 4.79 Å². The third-order valence-corrected chi connectivity index (χ3v) is 5.11. The molecule has 0 saturated carbocycles. The van der Waals surface area contributed by atoms with Crippen LogP contribution in [0.4, 0.5) is 4.79 Å². The lowest BCUT2D eigenvalue weighted by atomic mass is 10.1. The Morgan fingerprint density at radius 1 is 1.11 bits per heavy atom. The molecular formula is C20H24N4O3. The number of ether oxygens (including phenoxy) is 2. The Balaban J connectivity index is 1.25. The van der Waals surface area contributed by atoms with Crippen molar-refractivity contribution < 1.29 is 14.3 Å². The lowest BCUT2D eigenvalue weighted by Crippen LogP contribution is -2.61. The van der Waals surface area contributed by atoms with E-state index in [2.05, 4.69) is 14.9 Å². The number of aromatic nitrogens is 2. The highest BCUT2D eigenvalue weighted by molar-refractivity contribution is 5.67. The van der Waals surface area contributed by atoms with Crippen molar-refractivity contribution in [2.24, 2.45) is 0 Å².